The summed E-state index contributed by atoms with van der Waals surface area (Å²) in [6.45, 7) is -6.67. The fourth-order valence-electron chi connectivity index (χ4n) is 2.11. The van der Waals surface area contributed by atoms with E-state index in [0.29, 0.717) is 0 Å². The zero-order chi connectivity index (χ0) is 24.8. The molecule has 0 radical (unpaired) electrons. The van der Waals surface area contributed by atoms with Crippen LogP contribution in [0.25, 0.3) is 0 Å². The molecule has 0 N–H and O–H groups in total. The SMILES string of the molecule is [2H]C([2H])(c1ccccc1)C([2H])([2H])N1C(=O)CC(=O)N(C([2H])([2H])C([2H])([2H])c2ccccc2)C1=O. The normalized spacial score (nSPS) is 22.0. The first-order valence-corrected chi connectivity index (χ1v) is 7.48. The molecule has 25 heavy (non-hydrogen) atoms. The number of hydrogen-bond acceptors (Lipinski definition) is 3. The van der Waals surface area contributed by atoms with Gasteiger partial charge in [0, 0.05) is 18.5 Å². The molecule has 0 saturated carbocycles. The highest BCUT2D eigenvalue weighted by Gasteiger charge is 2.37. The molecule has 1 fully saturated rings. The molecule has 2 aromatic carbocycles. The lowest BCUT2D eigenvalue weighted by Gasteiger charge is -2.32. The van der Waals surface area contributed by atoms with Crippen molar-refractivity contribution in [3.8, 4) is 0 Å². The van der Waals surface area contributed by atoms with Gasteiger partial charge in [-0.25, -0.2) is 4.79 Å². The predicted molar refractivity (Wildman–Crippen MR) is 93.7 cm³/mol. The Morgan fingerprint density at radius 3 is 1.52 bits per heavy atom. The van der Waals surface area contributed by atoms with Crippen LogP contribution in [0.4, 0.5) is 4.79 Å². The Morgan fingerprint density at radius 1 is 0.720 bits per heavy atom. The first kappa shape index (κ1) is 9.51. The maximum Gasteiger partial charge on any atom is 0.333 e. The van der Waals surface area contributed by atoms with Crippen LogP contribution in [0.3, 0.4) is 0 Å². The van der Waals surface area contributed by atoms with Crippen LogP contribution >= 0.6 is 0 Å². The molecule has 2 aromatic rings. The van der Waals surface area contributed by atoms with Crippen molar-refractivity contribution >= 4 is 17.8 Å². The molecule has 3 rings (SSSR count). The van der Waals surface area contributed by atoms with Crippen LogP contribution in [0.5, 0.6) is 0 Å². The molecule has 1 aliphatic rings. The van der Waals surface area contributed by atoms with Crippen molar-refractivity contribution in [2.45, 2.75) is 19.2 Å². The van der Waals surface area contributed by atoms with Gasteiger partial charge in [-0.1, -0.05) is 60.7 Å². The molecule has 1 saturated heterocycles. The smallest absolute Gasteiger partial charge is 0.274 e. The van der Waals surface area contributed by atoms with Gasteiger partial charge in [0.1, 0.15) is 6.42 Å². The van der Waals surface area contributed by atoms with Gasteiger partial charge in [0.15, 0.2) is 0 Å². The van der Waals surface area contributed by atoms with Gasteiger partial charge in [-0.2, -0.15) is 0 Å². The third kappa shape index (κ3) is 4.12. The predicted octanol–water partition coefficient (Wildman–Crippen LogP) is 2.65. The molecular formula is C20H20N2O3. The molecule has 5 heteroatoms. The van der Waals surface area contributed by atoms with Gasteiger partial charge >= 0.3 is 6.03 Å². The minimum absolute atomic E-state index is 0.139. The summed E-state index contributed by atoms with van der Waals surface area (Å²) in [4.78, 5) is 38.0. The van der Waals surface area contributed by atoms with E-state index in [1.807, 2.05) is 0 Å². The van der Waals surface area contributed by atoms with Gasteiger partial charge in [0.05, 0.1) is 5.48 Å². The summed E-state index contributed by atoms with van der Waals surface area (Å²) in [5.74, 6) is -2.72. The van der Waals surface area contributed by atoms with Crippen LogP contribution in [-0.4, -0.2) is 40.6 Å². The standard InChI is InChI=1S/C20H20N2O3/c23-18-15-19(24)22(14-12-17-9-5-2-6-10-17)20(25)21(18)13-11-16-7-3-1-4-8-16/h1-10H,11-15H2/i11D2,12D2,13D2,14D2. The van der Waals surface area contributed by atoms with E-state index in [1.54, 1.807) is 12.1 Å². The summed E-state index contributed by atoms with van der Waals surface area (Å²) in [6, 6.07) is 12.1. The molecule has 1 heterocycles. The number of hydrogen-bond donors (Lipinski definition) is 0. The second-order valence-electron chi connectivity index (χ2n) is 5.12. The summed E-state index contributed by atoms with van der Waals surface area (Å²) in [5, 5.41) is 0. The molecule has 0 bridgehead atoms. The Bertz CT molecular complexity index is 994. The molecule has 0 aromatic heterocycles. The van der Waals surface area contributed by atoms with Gasteiger partial charge in [0.2, 0.25) is 11.8 Å². The fourth-order valence-corrected chi connectivity index (χ4v) is 2.11. The van der Waals surface area contributed by atoms with E-state index in [9.17, 15) is 14.4 Å². The number of benzene rings is 2. The quantitative estimate of drug-likeness (QED) is 0.757. The van der Waals surface area contributed by atoms with Crippen molar-refractivity contribution in [1.82, 2.24) is 9.80 Å². The highest BCUT2D eigenvalue weighted by Crippen LogP contribution is 2.14. The van der Waals surface area contributed by atoms with E-state index in [4.69, 9.17) is 11.0 Å². The number of urea groups is 1. The van der Waals surface area contributed by atoms with Crippen LogP contribution in [-0.2, 0) is 22.3 Å². The molecule has 128 valence electrons. The van der Waals surface area contributed by atoms with Crippen LogP contribution < -0.4 is 0 Å². The number of amides is 4. The van der Waals surface area contributed by atoms with Crippen LogP contribution in [0.1, 0.15) is 28.5 Å². The summed E-state index contributed by atoms with van der Waals surface area (Å²) < 4.78 is 66.5. The van der Waals surface area contributed by atoms with E-state index < -0.39 is 50.0 Å². The number of carbonyl (C=O) groups is 3. The van der Waals surface area contributed by atoms with Crippen LogP contribution in [0, 0.1) is 0 Å². The molecule has 5 nitrogen and oxygen atoms in total. The van der Waals surface area contributed by atoms with Crippen molar-refractivity contribution in [2.24, 2.45) is 0 Å². The van der Waals surface area contributed by atoms with E-state index in [2.05, 4.69) is 0 Å². The first-order valence-electron chi connectivity index (χ1n) is 11.5. The minimum atomic E-state index is -3.34. The third-order valence-electron chi connectivity index (χ3n) is 3.36. The Balaban J connectivity index is 2.07. The lowest BCUT2D eigenvalue weighted by molar-refractivity contribution is -0.142. The van der Waals surface area contributed by atoms with Crippen LogP contribution in [0.15, 0.2) is 60.7 Å². The lowest BCUT2D eigenvalue weighted by atomic mass is 10.1. The Labute approximate surface area is 158 Å². The maximum atomic E-state index is 13.2. The van der Waals surface area contributed by atoms with E-state index in [1.165, 1.54) is 48.5 Å². The zero-order valence-electron chi connectivity index (χ0n) is 21.1. The first-order chi connectivity index (χ1) is 15.2. The van der Waals surface area contributed by atoms with E-state index in [0.717, 1.165) is 0 Å². The summed E-state index contributed by atoms with van der Waals surface area (Å²) in [6.07, 6.45) is -7.01. The number of rotatable bonds is 6. The van der Waals surface area contributed by atoms with Crippen LogP contribution in [0.2, 0.25) is 0 Å². The largest absolute Gasteiger partial charge is 0.333 e. The average molecular weight is 344 g/mol. The Hall–Kier alpha value is -2.95. The van der Waals surface area contributed by atoms with Crippen molar-refractivity contribution in [2.75, 3.05) is 13.0 Å². The molecule has 0 aliphatic carbocycles. The van der Waals surface area contributed by atoms with Gasteiger partial charge in [-0.15, -0.1) is 0 Å². The monoisotopic (exact) mass is 344 g/mol. The lowest BCUT2D eigenvalue weighted by Crippen LogP contribution is -2.55. The summed E-state index contributed by atoms with van der Waals surface area (Å²) >= 11 is 0. The Kier molecular flexibility index (Phi) is 2.95. The highest BCUT2D eigenvalue weighted by atomic mass is 16.2. The number of aryl methyl sites for hydroxylation is 2. The summed E-state index contributed by atoms with van der Waals surface area (Å²) in [7, 11) is 0. The third-order valence-corrected chi connectivity index (χ3v) is 3.36. The Morgan fingerprint density at radius 2 is 1.12 bits per heavy atom. The van der Waals surface area contributed by atoms with Crippen molar-refractivity contribution in [3.05, 3.63) is 71.8 Å². The molecule has 0 spiro atoms. The molecule has 4 amide bonds. The number of barbiturate groups is 1. The topological polar surface area (TPSA) is 57.7 Å². The number of carbonyl (C=O) groups excluding carboxylic acids is 3. The molecule has 0 unspecified atom stereocenters. The maximum absolute atomic E-state index is 13.2. The number of nitrogens with zero attached hydrogens (tertiary/aromatic N) is 2. The summed E-state index contributed by atoms with van der Waals surface area (Å²) in [5.41, 5.74) is -0.386. The molecular weight excluding hydrogens is 316 g/mol. The van der Waals surface area contributed by atoms with E-state index in [-0.39, 0.29) is 20.9 Å². The molecule has 0 atom stereocenters. The van der Waals surface area contributed by atoms with Gasteiger partial charge in [-0.3, -0.25) is 19.4 Å². The van der Waals surface area contributed by atoms with Gasteiger partial charge in [0.25, 0.3) is 0 Å². The number of imide groups is 2. The fraction of sp³-hybridized carbons (Fsp3) is 0.250. The van der Waals surface area contributed by atoms with Gasteiger partial charge in [-0.05, 0) is 23.9 Å². The van der Waals surface area contributed by atoms with E-state index >= 15 is 0 Å². The van der Waals surface area contributed by atoms with Gasteiger partial charge < -0.3 is 0 Å². The average Bonchev–Trinajstić information content (AvgIpc) is 2.73. The second-order valence-corrected chi connectivity index (χ2v) is 5.12. The second kappa shape index (κ2) is 7.75. The van der Waals surface area contributed by atoms with Crippen molar-refractivity contribution in [1.29, 1.82) is 0 Å². The van der Waals surface area contributed by atoms with Crippen molar-refractivity contribution in [3.63, 3.8) is 0 Å². The molecule has 1 aliphatic heterocycles. The minimum Gasteiger partial charge on any atom is -0.274 e. The highest BCUT2D eigenvalue weighted by molar-refractivity contribution is 6.14. The zero-order valence-corrected chi connectivity index (χ0v) is 13.1. The van der Waals surface area contributed by atoms with Crippen molar-refractivity contribution < 1.29 is 25.3 Å².